The van der Waals surface area contributed by atoms with Gasteiger partial charge in [0.15, 0.2) is 0 Å². The van der Waals surface area contributed by atoms with Crippen LogP contribution in [0.15, 0.2) is 48.5 Å². The predicted molar refractivity (Wildman–Crippen MR) is 121 cm³/mol. The Balaban J connectivity index is 1.62. The number of carbonyl (C=O) groups excluding carboxylic acids is 2. The molecule has 5 nitrogen and oxygen atoms in total. The van der Waals surface area contributed by atoms with Crippen molar-refractivity contribution in [3.63, 3.8) is 0 Å². The van der Waals surface area contributed by atoms with E-state index in [-0.39, 0.29) is 22.7 Å². The maximum Gasteiger partial charge on any atom is 0.313 e. The number of rotatable bonds is 7. The van der Waals surface area contributed by atoms with Gasteiger partial charge in [0, 0.05) is 11.7 Å². The summed E-state index contributed by atoms with van der Waals surface area (Å²) in [4.78, 5) is 24.9. The summed E-state index contributed by atoms with van der Waals surface area (Å²) in [5.41, 5.74) is 7.16. The van der Waals surface area contributed by atoms with Crippen LogP contribution in [0.5, 0.6) is 0 Å². The lowest BCUT2D eigenvalue weighted by Gasteiger charge is -2.37. The van der Waals surface area contributed by atoms with E-state index in [1.54, 1.807) is 0 Å². The molecule has 3 rings (SSSR count). The summed E-state index contributed by atoms with van der Waals surface area (Å²) in [6.45, 7) is 0.645. The minimum atomic E-state index is -0.812. The quantitative estimate of drug-likeness (QED) is 0.429. The van der Waals surface area contributed by atoms with Crippen LogP contribution in [0.1, 0.15) is 50.0 Å². The number of hydrogen-bond donors (Lipinski definition) is 3. The highest BCUT2D eigenvalue weighted by molar-refractivity contribution is 6.39. The van der Waals surface area contributed by atoms with Crippen molar-refractivity contribution in [2.24, 2.45) is 11.7 Å². The van der Waals surface area contributed by atoms with Gasteiger partial charge in [0.05, 0.1) is 5.02 Å². The minimum Gasteiger partial charge on any atom is -0.345 e. The standard InChI is InChI=1S/C24H29ClFN3O2/c25-20-11-10-19(15-21(20)26)28-23(30)24(31)29-22-12-9-17(16-6-2-1-3-7-16)14-18(22)8-4-5-13-27/h1-3,6-7,10-11,15,17-18,22H,4-5,8-9,12-14,27H2,(H,28,30)(H,29,31). The molecule has 0 aromatic heterocycles. The van der Waals surface area contributed by atoms with Crippen molar-refractivity contribution in [3.8, 4) is 0 Å². The Kier molecular flexibility index (Phi) is 8.43. The van der Waals surface area contributed by atoms with Gasteiger partial charge in [0.2, 0.25) is 0 Å². The van der Waals surface area contributed by atoms with Gasteiger partial charge in [0.25, 0.3) is 0 Å². The van der Waals surface area contributed by atoms with Crippen molar-refractivity contribution in [2.75, 3.05) is 11.9 Å². The van der Waals surface area contributed by atoms with Crippen LogP contribution in [-0.4, -0.2) is 24.4 Å². The van der Waals surface area contributed by atoms with Crippen molar-refractivity contribution >= 4 is 29.1 Å². The Bertz CT molecular complexity index is 894. The molecule has 1 aliphatic rings. The summed E-state index contributed by atoms with van der Waals surface area (Å²) in [7, 11) is 0. The summed E-state index contributed by atoms with van der Waals surface area (Å²) in [5.74, 6) is -1.45. The molecule has 0 aliphatic heterocycles. The van der Waals surface area contributed by atoms with E-state index in [2.05, 4.69) is 34.9 Å². The SMILES string of the molecule is NCCCCC1CC(c2ccccc2)CCC1NC(=O)C(=O)Nc1ccc(Cl)c(F)c1. The summed E-state index contributed by atoms with van der Waals surface area (Å²) < 4.78 is 13.6. The number of nitrogens with two attached hydrogens (primary N) is 1. The first-order valence-corrected chi connectivity index (χ1v) is 11.2. The van der Waals surface area contributed by atoms with Gasteiger partial charge < -0.3 is 16.4 Å². The summed E-state index contributed by atoms with van der Waals surface area (Å²) in [6, 6.07) is 14.2. The molecule has 0 saturated heterocycles. The van der Waals surface area contributed by atoms with E-state index < -0.39 is 17.6 Å². The van der Waals surface area contributed by atoms with Crippen LogP contribution in [0.2, 0.25) is 5.02 Å². The van der Waals surface area contributed by atoms with Gasteiger partial charge >= 0.3 is 11.8 Å². The van der Waals surface area contributed by atoms with Crippen LogP contribution in [0.3, 0.4) is 0 Å². The van der Waals surface area contributed by atoms with Crippen molar-refractivity contribution < 1.29 is 14.0 Å². The zero-order valence-electron chi connectivity index (χ0n) is 17.5. The number of benzene rings is 2. The minimum absolute atomic E-state index is 0.0436. The maximum atomic E-state index is 13.6. The molecule has 1 saturated carbocycles. The third-order valence-electron chi connectivity index (χ3n) is 5.98. The van der Waals surface area contributed by atoms with Crippen molar-refractivity contribution in [2.45, 2.75) is 50.5 Å². The number of halogens is 2. The molecule has 7 heteroatoms. The van der Waals surface area contributed by atoms with Crippen molar-refractivity contribution in [3.05, 3.63) is 64.9 Å². The van der Waals surface area contributed by atoms with Gasteiger partial charge in [-0.05, 0) is 74.2 Å². The lowest BCUT2D eigenvalue weighted by atomic mass is 9.73. The molecule has 0 spiro atoms. The topological polar surface area (TPSA) is 84.2 Å². The number of carbonyl (C=O) groups is 2. The fraction of sp³-hybridized carbons (Fsp3) is 0.417. The first kappa shape index (κ1) is 23.2. The average molecular weight is 446 g/mol. The second kappa shape index (κ2) is 11.3. The van der Waals surface area contributed by atoms with Crippen molar-refractivity contribution in [1.29, 1.82) is 0 Å². The van der Waals surface area contributed by atoms with Gasteiger partial charge in [0.1, 0.15) is 5.82 Å². The highest BCUT2D eigenvalue weighted by atomic mass is 35.5. The molecule has 166 valence electrons. The van der Waals surface area contributed by atoms with Gasteiger partial charge in [-0.2, -0.15) is 0 Å². The smallest absolute Gasteiger partial charge is 0.313 e. The average Bonchev–Trinajstić information content (AvgIpc) is 2.78. The third-order valence-corrected chi connectivity index (χ3v) is 6.29. The van der Waals surface area contributed by atoms with E-state index in [4.69, 9.17) is 17.3 Å². The van der Waals surface area contributed by atoms with Crippen LogP contribution in [-0.2, 0) is 9.59 Å². The summed E-state index contributed by atoms with van der Waals surface area (Å²) in [6.07, 6.45) is 5.61. The molecule has 1 fully saturated rings. The van der Waals surface area contributed by atoms with Gasteiger partial charge in [-0.15, -0.1) is 0 Å². The largest absolute Gasteiger partial charge is 0.345 e. The summed E-state index contributed by atoms with van der Waals surface area (Å²) in [5, 5.41) is 5.30. The number of nitrogens with one attached hydrogen (secondary N) is 2. The van der Waals surface area contributed by atoms with E-state index in [1.807, 2.05) is 6.07 Å². The first-order valence-electron chi connectivity index (χ1n) is 10.8. The second-order valence-corrected chi connectivity index (χ2v) is 8.54. The molecule has 4 N–H and O–H groups in total. The van der Waals surface area contributed by atoms with E-state index in [0.29, 0.717) is 12.5 Å². The first-order chi connectivity index (χ1) is 15.0. The van der Waals surface area contributed by atoms with Gasteiger partial charge in [-0.1, -0.05) is 48.4 Å². The van der Waals surface area contributed by atoms with Crippen LogP contribution in [0.25, 0.3) is 0 Å². The van der Waals surface area contributed by atoms with Gasteiger partial charge in [-0.25, -0.2) is 4.39 Å². The molecule has 3 unspecified atom stereocenters. The lowest BCUT2D eigenvalue weighted by Crippen LogP contribution is -2.47. The number of anilines is 1. The number of unbranched alkanes of at least 4 members (excludes halogenated alkanes) is 1. The monoisotopic (exact) mass is 445 g/mol. The molecule has 0 heterocycles. The van der Waals surface area contributed by atoms with E-state index in [0.717, 1.165) is 44.6 Å². The molecule has 2 amide bonds. The second-order valence-electron chi connectivity index (χ2n) is 8.13. The Morgan fingerprint density at radius 1 is 1.06 bits per heavy atom. The Morgan fingerprint density at radius 2 is 1.84 bits per heavy atom. The summed E-state index contributed by atoms with van der Waals surface area (Å²) >= 11 is 5.66. The van der Waals surface area contributed by atoms with E-state index in [9.17, 15) is 14.0 Å². The Labute approximate surface area is 187 Å². The number of hydrogen-bond acceptors (Lipinski definition) is 3. The van der Waals surface area contributed by atoms with Crippen LogP contribution in [0.4, 0.5) is 10.1 Å². The molecule has 2 aromatic carbocycles. The van der Waals surface area contributed by atoms with Crippen molar-refractivity contribution in [1.82, 2.24) is 5.32 Å². The van der Waals surface area contributed by atoms with Crippen LogP contribution < -0.4 is 16.4 Å². The normalized spacial score (nSPS) is 20.8. The molecule has 0 bridgehead atoms. The maximum absolute atomic E-state index is 13.6. The molecular formula is C24H29ClFN3O2. The highest BCUT2D eigenvalue weighted by Crippen LogP contribution is 2.38. The predicted octanol–water partition coefficient (Wildman–Crippen LogP) is 4.62. The van der Waals surface area contributed by atoms with Crippen LogP contribution in [0, 0.1) is 11.7 Å². The van der Waals surface area contributed by atoms with E-state index in [1.165, 1.54) is 17.7 Å². The molecule has 3 atom stereocenters. The zero-order chi connectivity index (χ0) is 22.2. The lowest BCUT2D eigenvalue weighted by molar-refractivity contribution is -0.137. The zero-order valence-corrected chi connectivity index (χ0v) is 18.2. The molecular weight excluding hydrogens is 417 g/mol. The highest BCUT2D eigenvalue weighted by Gasteiger charge is 2.33. The fourth-order valence-electron chi connectivity index (χ4n) is 4.35. The molecule has 2 aromatic rings. The van der Waals surface area contributed by atoms with E-state index >= 15 is 0 Å². The Hall–Kier alpha value is -2.44. The molecule has 0 radical (unpaired) electrons. The van der Waals surface area contributed by atoms with Gasteiger partial charge in [-0.3, -0.25) is 9.59 Å². The fourth-order valence-corrected chi connectivity index (χ4v) is 4.47. The number of amides is 2. The Morgan fingerprint density at radius 3 is 2.55 bits per heavy atom. The third kappa shape index (κ3) is 6.52. The molecule has 31 heavy (non-hydrogen) atoms. The van der Waals surface area contributed by atoms with Crippen LogP contribution >= 0.6 is 11.6 Å². The molecule has 1 aliphatic carbocycles.